The number of methoxy groups -OCH3 is 2. The fourth-order valence-corrected chi connectivity index (χ4v) is 3.12. The first-order valence-corrected chi connectivity index (χ1v) is 8.63. The van der Waals surface area contributed by atoms with E-state index in [9.17, 15) is 0 Å². The molecule has 0 aliphatic heterocycles. The van der Waals surface area contributed by atoms with E-state index in [0.717, 1.165) is 18.0 Å². The average molecular weight is 334 g/mol. The molecule has 0 bridgehead atoms. The number of hydrogen-bond donors (Lipinski definition) is 2. The summed E-state index contributed by atoms with van der Waals surface area (Å²) in [4.78, 5) is 6.84. The Hall–Kier alpha value is -1.95. The third-order valence-electron chi connectivity index (χ3n) is 4.60. The van der Waals surface area contributed by atoms with Crippen molar-refractivity contribution in [3.05, 3.63) is 18.2 Å². The van der Waals surface area contributed by atoms with Crippen molar-refractivity contribution in [3.63, 3.8) is 0 Å². The minimum atomic E-state index is 0.388. The third kappa shape index (κ3) is 5.30. The first-order valence-electron chi connectivity index (χ1n) is 8.63. The first kappa shape index (κ1) is 18.4. The summed E-state index contributed by atoms with van der Waals surface area (Å²) in [6, 6.07) is 6.22. The number of aliphatic imine (C=N–C) groups is 1. The number of anilines is 1. The van der Waals surface area contributed by atoms with Crippen molar-refractivity contribution >= 4 is 11.6 Å². The van der Waals surface area contributed by atoms with Crippen molar-refractivity contribution in [2.75, 3.05) is 39.7 Å². The van der Waals surface area contributed by atoms with E-state index in [0.29, 0.717) is 24.3 Å². The number of ether oxygens (including phenoxy) is 2. The van der Waals surface area contributed by atoms with Gasteiger partial charge in [-0.15, -0.1) is 0 Å². The fourth-order valence-electron chi connectivity index (χ4n) is 3.12. The highest BCUT2D eigenvalue weighted by atomic mass is 16.5. The Morgan fingerprint density at radius 2 is 2.00 bits per heavy atom. The van der Waals surface area contributed by atoms with Crippen molar-refractivity contribution in [2.24, 2.45) is 10.7 Å². The van der Waals surface area contributed by atoms with Crippen LogP contribution in [0.4, 0.5) is 5.69 Å². The van der Waals surface area contributed by atoms with E-state index in [1.54, 1.807) is 14.2 Å². The Bertz CT molecular complexity index is 542. The maximum Gasteiger partial charge on any atom is 0.193 e. The van der Waals surface area contributed by atoms with E-state index >= 15 is 0 Å². The topological polar surface area (TPSA) is 72.1 Å². The Labute approximate surface area is 145 Å². The molecule has 3 N–H and O–H groups in total. The van der Waals surface area contributed by atoms with Crippen molar-refractivity contribution in [1.82, 2.24) is 4.90 Å². The molecule has 134 valence electrons. The van der Waals surface area contributed by atoms with Gasteiger partial charge in [0.2, 0.25) is 0 Å². The lowest BCUT2D eigenvalue weighted by Gasteiger charge is -2.30. The van der Waals surface area contributed by atoms with Crippen LogP contribution in [0.3, 0.4) is 0 Å². The van der Waals surface area contributed by atoms with Crippen LogP contribution in [0.1, 0.15) is 32.1 Å². The molecular formula is C18H30N4O2. The molecule has 1 aliphatic rings. The predicted octanol–water partition coefficient (Wildman–Crippen LogP) is 2.69. The molecule has 0 spiro atoms. The highest BCUT2D eigenvalue weighted by Crippen LogP contribution is 2.28. The molecular weight excluding hydrogens is 304 g/mol. The number of benzene rings is 1. The van der Waals surface area contributed by atoms with Gasteiger partial charge in [-0.3, -0.25) is 4.99 Å². The SMILES string of the molecule is COc1ccc(OC)c(NC(N)=NCCN(C)C2CCCCC2)c1. The van der Waals surface area contributed by atoms with Gasteiger partial charge in [0.15, 0.2) is 5.96 Å². The van der Waals surface area contributed by atoms with Crippen LogP contribution in [0.5, 0.6) is 11.5 Å². The van der Waals surface area contributed by atoms with Gasteiger partial charge >= 0.3 is 0 Å². The molecule has 0 radical (unpaired) electrons. The summed E-state index contributed by atoms with van der Waals surface area (Å²) >= 11 is 0. The highest BCUT2D eigenvalue weighted by Gasteiger charge is 2.17. The van der Waals surface area contributed by atoms with Crippen LogP contribution in [0.25, 0.3) is 0 Å². The van der Waals surface area contributed by atoms with Crippen LogP contribution < -0.4 is 20.5 Å². The van der Waals surface area contributed by atoms with Crippen LogP contribution in [-0.2, 0) is 0 Å². The average Bonchev–Trinajstić information content (AvgIpc) is 2.62. The lowest BCUT2D eigenvalue weighted by atomic mass is 9.94. The molecule has 0 aromatic heterocycles. The van der Waals surface area contributed by atoms with Gasteiger partial charge in [0.1, 0.15) is 11.5 Å². The molecule has 6 nitrogen and oxygen atoms in total. The van der Waals surface area contributed by atoms with Crippen LogP contribution in [0.15, 0.2) is 23.2 Å². The third-order valence-corrected chi connectivity index (χ3v) is 4.60. The molecule has 1 aromatic carbocycles. The number of nitrogens with two attached hydrogens (primary N) is 1. The molecule has 0 saturated heterocycles. The van der Waals surface area contributed by atoms with E-state index in [1.807, 2.05) is 18.2 Å². The predicted molar refractivity (Wildman–Crippen MR) is 99.2 cm³/mol. The van der Waals surface area contributed by atoms with Gasteiger partial charge in [0.05, 0.1) is 26.5 Å². The van der Waals surface area contributed by atoms with Gasteiger partial charge in [-0.1, -0.05) is 19.3 Å². The number of nitrogens with one attached hydrogen (secondary N) is 1. The van der Waals surface area contributed by atoms with Gasteiger partial charge in [0.25, 0.3) is 0 Å². The number of hydrogen-bond acceptors (Lipinski definition) is 4. The Kier molecular flexibility index (Phi) is 7.18. The zero-order valence-corrected chi connectivity index (χ0v) is 15.0. The summed E-state index contributed by atoms with van der Waals surface area (Å²) < 4.78 is 10.6. The number of likely N-dealkylation sites (N-methyl/N-ethyl adjacent to an activating group) is 1. The summed E-state index contributed by atoms with van der Waals surface area (Å²) in [6.45, 7) is 1.60. The molecule has 1 aliphatic carbocycles. The van der Waals surface area contributed by atoms with Crippen LogP contribution in [0, 0.1) is 0 Å². The molecule has 2 rings (SSSR count). The van der Waals surface area contributed by atoms with Gasteiger partial charge in [-0.2, -0.15) is 0 Å². The normalized spacial score (nSPS) is 16.2. The zero-order valence-electron chi connectivity index (χ0n) is 15.0. The minimum absolute atomic E-state index is 0.388. The first-order chi connectivity index (χ1) is 11.6. The number of rotatable bonds is 7. The summed E-state index contributed by atoms with van der Waals surface area (Å²) in [5, 5.41) is 3.09. The quantitative estimate of drug-likeness (QED) is 0.592. The van der Waals surface area contributed by atoms with Crippen LogP contribution in [0.2, 0.25) is 0 Å². The summed E-state index contributed by atoms with van der Waals surface area (Å²) in [5.41, 5.74) is 6.76. The smallest absolute Gasteiger partial charge is 0.193 e. The molecule has 0 unspecified atom stereocenters. The molecule has 1 saturated carbocycles. The van der Waals surface area contributed by atoms with Gasteiger partial charge in [0, 0.05) is 18.7 Å². The molecule has 0 amide bonds. The van der Waals surface area contributed by atoms with E-state index in [4.69, 9.17) is 15.2 Å². The van der Waals surface area contributed by atoms with Crippen LogP contribution >= 0.6 is 0 Å². The van der Waals surface area contributed by atoms with E-state index < -0.39 is 0 Å². The van der Waals surface area contributed by atoms with Gasteiger partial charge in [-0.05, 0) is 32.0 Å². The summed E-state index contributed by atoms with van der Waals surface area (Å²) in [7, 11) is 5.43. The van der Waals surface area contributed by atoms with Gasteiger partial charge in [-0.25, -0.2) is 0 Å². The van der Waals surface area contributed by atoms with E-state index in [1.165, 1.54) is 32.1 Å². The van der Waals surface area contributed by atoms with Crippen molar-refractivity contribution in [1.29, 1.82) is 0 Å². The van der Waals surface area contributed by atoms with Crippen LogP contribution in [-0.4, -0.2) is 51.3 Å². The van der Waals surface area contributed by atoms with E-state index in [-0.39, 0.29) is 0 Å². The summed E-state index contributed by atoms with van der Waals surface area (Å²) in [6.07, 6.45) is 6.67. The summed E-state index contributed by atoms with van der Waals surface area (Å²) in [5.74, 6) is 1.83. The molecule has 1 fully saturated rings. The van der Waals surface area contributed by atoms with E-state index in [2.05, 4.69) is 22.3 Å². The number of guanidine groups is 1. The Morgan fingerprint density at radius 3 is 2.67 bits per heavy atom. The lowest BCUT2D eigenvalue weighted by Crippen LogP contribution is -2.35. The lowest BCUT2D eigenvalue weighted by molar-refractivity contribution is 0.196. The zero-order chi connectivity index (χ0) is 17.4. The Balaban J connectivity index is 1.87. The van der Waals surface area contributed by atoms with Crippen molar-refractivity contribution < 1.29 is 9.47 Å². The maximum atomic E-state index is 6.01. The molecule has 0 heterocycles. The van der Waals surface area contributed by atoms with Crippen molar-refractivity contribution in [3.8, 4) is 11.5 Å². The number of nitrogens with zero attached hydrogens (tertiary/aromatic N) is 2. The molecule has 0 atom stereocenters. The largest absolute Gasteiger partial charge is 0.497 e. The second-order valence-corrected chi connectivity index (χ2v) is 6.23. The van der Waals surface area contributed by atoms with Crippen molar-refractivity contribution in [2.45, 2.75) is 38.1 Å². The second-order valence-electron chi connectivity index (χ2n) is 6.23. The molecule has 6 heteroatoms. The van der Waals surface area contributed by atoms with Gasteiger partial charge < -0.3 is 25.4 Å². The monoisotopic (exact) mass is 334 g/mol. The molecule has 1 aromatic rings. The standard InChI is InChI=1S/C18H30N4O2/c1-22(14-7-5-4-6-8-14)12-11-20-18(19)21-16-13-15(23-2)9-10-17(16)24-3/h9-10,13-14H,4-8,11-12H2,1-3H3,(H3,19,20,21). The maximum absolute atomic E-state index is 6.01. The molecule has 24 heavy (non-hydrogen) atoms. The second kappa shape index (κ2) is 9.37. The highest BCUT2D eigenvalue weighted by molar-refractivity contribution is 5.94. The minimum Gasteiger partial charge on any atom is -0.497 e. The Morgan fingerprint density at radius 1 is 1.25 bits per heavy atom. The fraction of sp³-hybridized carbons (Fsp3) is 0.611.